The van der Waals surface area contributed by atoms with Gasteiger partial charge in [0, 0.05) is 22.1 Å². The van der Waals surface area contributed by atoms with Crippen molar-refractivity contribution in [1.29, 1.82) is 0 Å². The van der Waals surface area contributed by atoms with Crippen LogP contribution < -0.4 is 5.43 Å². The molecule has 4 aromatic rings. The van der Waals surface area contributed by atoms with Gasteiger partial charge in [-0.15, -0.1) is 11.3 Å². The summed E-state index contributed by atoms with van der Waals surface area (Å²) in [6, 6.07) is 22.0. The number of benzene rings is 3. The van der Waals surface area contributed by atoms with E-state index in [2.05, 4.69) is 46.8 Å². The van der Waals surface area contributed by atoms with E-state index in [9.17, 15) is 5.11 Å². The van der Waals surface area contributed by atoms with Gasteiger partial charge in [-0.2, -0.15) is 5.10 Å². The van der Waals surface area contributed by atoms with E-state index in [1.807, 2.05) is 30.5 Å². The highest BCUT2D eigenvalue weighted by Crippen LogP contribution is 2.37. The lowest BCUT2D eigenvalue weighted by molar-refractivity contribution is 0.475. The number of aryl methyl sites for hydroxylation is 1. The van der Waals surface area contributed by atoms with E-state index < -0.39 is 0 Å². The zero-order valence-electron chi connectivity index (χ0n) is 15.2. The van der Waals surface area contributed by atoms with Crippen molar-refractivity contribution in [2.75, 3.05) is 5.43 Å². The third-order valence-corrected chi connectivity index (χ3v) is 5.65. The summed E-state index contributed by atoms with van der Waals surface area (Å²) < 4.78 is 0. The van der Waals surface area contributed by atoms with E-state index in [4.69, 9.17) is 5.10 Å². The lowest BCUT2D eigenvalue weighted by atomic mass is 10.1. The Hall–Kier alpha value is -3.44. The lowest BCUT2D eigenvalue weighted by Crippen LogP contribution is -2.02. The fraction of sp³-hybridized carbons (Fsp3) is 0.0435. The fourth-order valence-corrected chi connectivity index (χ4v) is 4.25. The van der Waals surface area contributed by atoms with Gasteiger partial charge in [-0.25, -0.2) is 4.98 Å². The van der Waals surface area contributed by atoms with Gasteiger partial charge in [0.05, 0.1) is 11.4 Å². The van der Waals surface area contributed by atoms with E-state index in [-0.39, 0.29) is 5.75 Å². The zero-order valence-corrected chi connectivity index (χ0v) is 16.0. The quantitative estimate of drug-likeness (QED) is 0.395. The van der Waals surface area contributed by atoms with Crippen molar-refractivity contribution in [3.05, 3.63) is 88.8 Å². The minimum Gasteiger partial charge on any atom is -0.508 e. The van der Waals surface area contributed by atoms with E-state index in [1.165, 1.54) is 22.5 Å². The predicted octanol–water partition coefficient (Wildman–Crippen LogP) is 5.67. The Bertz CT molecular complexity index is 1180. The largest absolute Gasteiger partial charge is 0.508 e. The molecule has 5 heteroatoms. The van der Waals surface area contributed by atoms with Crippen molar-refractivity contribution < 1.29 is 5.11 Å². The maximum atomic E-state index is 9.61. The van der Waals surface area contributed by atoms with Gasteiger partial charge in [-0.1, -0.05) is 48.5 Å². The smallest absolute Gasteiger partial charge is 0.203 e. The molecular weight excluding hydrogens is 366 g/mol. The zero-order chi connectivity index (χ0) is 19.1. The van der Waals surface area contributed by atoms with Crippen LogP contribution in [0.2, 0.25) is 0 Å². The van der Waals surface area contributed by atoms with Crippen molar-refractivity contribution >= 4 is 22.2 Å². The molecule has 0 bridgehead atoms. The minimum atomic E-state index is 0.264. The number of fused-ring (bicyclic) bond motifs is 3. The summed E-state index contributed by atoms with van der Waals surface area (Å²) in [6.07, 6.45) is 0. The number of aromatic hydroxyl groups is 1. The fourth-order valence-electron chi connectivity index (χ4n) is 3.60. The molecule has 2 N–H and O–H groups in total. The highest BCUT2D eigenvalue weighted by atomic mass is 32.1. The topological polar surface area (TPSA) is 57.5 Å². The summed E-state index contributed by atoms with van der Waals surface area (Å²) in [5, 5.41) is 17.0. The van der Waals surface area contributed by atoms with Crippen molar-refractivity contribution in [3.8, 4) is 28.1 Å². The molecule has 0 aliphatic heterocycles. The van der Waals surface area contributed by atoms with E-state index in [1.54, 1.807) is 12.1 Å². The number of phenols is 1. The monoisotopic (exact) mass is 383 g/mol. The second-order valence-electron chi connectivity index (χ2n) is 6.70. The number of rotatable bonds is 3. The van der Waals surface area contributed by atoms with Crippen LogP contribution >= 0.6 is 11.3 Å². The van der Waals surface area contributed by atoms with Crippen LogP contribution in [-0.2, 0) is 0 Å². The molecule has 1 aliphatic carbocycles. The number of anilines is 1. The molecule has 0 unspecified atom stereocenters. The number of nitrogens with zero attached hydrogens (tertiary/aromatic N) is 2. The molecule has 28 heavy (non-hydrogen) atoms. The van der Waals surface area contributed by atoms with Crippen LogP contribution in [0.3, 0.4) is 0 Å². The third kappa shape index (κ3) is 2.77. The Balaban J connectivity index is 1.48. The van der Waals surface area contributed by atoms with Crippen LogP contribution in [0.15, 0.2) is 77.2 Å². The normalized spacial score (nSPS) is 11.8. The summed E-state index contributed by atoms with van der Waals surface area (Å²) in [6.45, 7) is 1.97. The van der Waals surface area contributed by atoms with Crippen LogP contribution in [0.25, 0.3) is 22.4 Å². The molecule has 1 aliphatic rings. The first-order valence-electron chi connectivity index (χ1n) is 8.99. The molecule has 0 amide bonds. The highest BCUT2D eigenvalue weighted by molar-refractivity contribution is 7.14. The van der Waals surface area contributed by atoms with Crippen molar-refractivity contribution in [3.63, 3.8) is 0 Å². The molecule has 1 heterocycles. The number of phenolic OH excluding ortho intramolecular Hbond substituents is 1. The van der Waals surface area contributed by atoms with Crippen molar-refractivity contribution in [1.82, 2.24) is 4.98 Å². The molecule has 0 radical (unpaired) electrons. The first-order valence-corrected chi connectivity index (χ1v) is 9.87. The average molecular weight is 383 g/mol. The number of aromatic nitrogens is 1. The predicted molar refractivity (Wildman–Crippen MR) is 115 cm³/mol. The van der Waals surface area contributed by atoms with Crippen molar-refractivity contribution in [2.45, 2.75) is 6.92 Å². The van der Waals surface area contributed by atoms with E-state index >= 15 is 0 Å². The summed E-state index contributed by atoms with van der Waals surface area (Å²) in [7, 11) is 0. The summed E-state index contributed by atoms with van der Waals surface area (Å²) in [5.74, 6) is 0.264. The molecule has 0 saturated carbocycles. The van der Waals surface area contributed by atoms with Crippen LogP contribution in [0.4, 0.5) is 5.13 Å². The maximum absolute atomic E-state index is 9.61. The minimum absolute atomic E-state index is 0.264. The Kier molecular flexibility index (Phi) is 3.95. The number of hydrogen-bond donors (Lipinski definition) is 2. The van der Waals surface area contributed by atoms with Gasteiger partial charge >= 0.3 is 0 Å². The number of thiazole rings is 1. The molecule has 0 spiro atoms. The number of hydrazone groups is 1. The molecule has 0 fully saturated rings. The highest BCUT2D eigenvalue weighted by Gasteiger charge is 2.24. The van der Waals surface area contributed by atoms with Crippen molar-refractivity contribution in [2.24, 2.45) is 5.10 Å². The van der Waals surface area contributed by atoms with E-state index in [0.717, 1.165) is 38.8 Å². The van der Waals surface area contributed by atoms with Gasteiger partial charge in [-0.3, -0.25) is 5.43 Å². The molecule has 0 saturated heterocycles. The van der Waals surface area contributed by atoms with Crippen LogP contribution in [0.5, 0.6) is 5.75 Å². The molecule has 1 aromatic heterocycles. The second-order valence-corrected chi connectivity index (χ2v) is 7.56. The summed E-state index contributed by atoms with van der Waals surface area (Å²) in [5.41, 5.74) is 11.6. The first-order chi connectivity index (χ1) is 13.7. The van der Waals surface area contributed by atoms with Gasteiger partial charge in [-0.05, 0) is 41.8 Å². The third-order valence-electron chi connectivity index (χ3n) is 4.91. The summed E-state index contributed by atoms with van der Waals surface area (Å²) >= 11 is 1.51. The van der Waals surface area contributed by atoms with Gasteiger partial charge in [0.2, 0.25) is 5.13 Å². The molecule has 136 valence electrons. The number of hydrogen-bond acceptors (Lipinski definition) is 5. The molecule has 4 nitrogen and oxygen atoms in total. The molecular formula is C23H17N3OS. The van der Waals surface area contributed by atoms with Gasteiger partial charge in [0.25, 0.3) is 0 Å². The van der Waals surface area contributed by atoms with Gasteiger partial charge in [0.15, 0.2) is 0 Å². The molecule has 5 rings (SSSR count). The SMILES string of the molecule is Cc1cc(O)ccc1-c1csc(NN=C2c3ccccc3-c3ccccc32)n1. The number of nitrogens with one attached hydrogen (secondary N) is 1. The maximum Gasteiger partial charge on any atom is 0.203 e. The van der Waals surface area contributed by atoms with Crippen LogP contribution in [-0.4, -0.2) is 15.8 Å². The Morgan fingerprint density at radius 2 is 1.50 bits per heavy atom. The molecule has 0 atom stereocenters. The summed E-state index contributed by atoms with van der Waals surface area (Å²) in [4.78, 5) is 4.66. The average Bonchev–Trinajstić information content (AvgIpc) is 3.29. The van der Waals surface area contributed by atoms with Crippen LogP contribution in [0.1, 0.15) is 16.7 Å². The first kappa shape index (κ1) is 16.7. The van der Waals surface area contributed by atoms with Gasteiger partial charge in [0.1, 0.15) is 5.75 Å². The van der Waals surface area contributed by atoms with Crippen LogP contribution in [0, 0.1) is 6.92 Å². The standard InChI is InChI=1S/C23H17N3OS/c1-14-12-15(27)10-11-16(14)21-13-28-23(24-21)26-25-22-19-8-4-2-6-17(19)18-7-3-5-9-20(18)22/h2-13,27H,1H3,(H,24,26). The lowest BCUT2D eigenvalue weighted by Gasteiger charge is -2.03. The molecule has 3 aromatic carbocycles. The second kappa shape index (κ2) is 6.62. The Morgan fingerprint density at radius 1 is 0.857 bits per heavy atom. The Labute approximate surface area is 166 Å². The Morgan fingerprint density at radius 3 is 2.14 bits per heavy atom. The van der Waals surface area contributed by atoms with E-state index in [0.29, 0.717) is 0 Å². The van der Waals surface area contributed by atoms with Gasteiger partial charge < -0.3 is 5.11 Å².